The van der Waals surface area contributed by atoms with Gasteiger partial charge in [-0.2, -0.15) is 0 Å². The van der Waals surface area contributed by atoms with Crippen molar-refractivity contribution >= 4 is 46.9 Å². The number of hydrogen-bond donors (Lipinski definition) is 3. The van der Waals surface area contributed by atoms with Gasteiger partial charge in [0.2, 0.25) is 5.91 Å². The highest BCUT2D eigenvalue weighted by Crippen LogP contribution is 2.28. The number of nitrogens with zero attached hydrogens (tertiary/aromatic N) is 1. The molecule has 5 rings (SSSR count). The maximum Gasteiger partial charge on any atom is 0.272 e. The number of hydrogen-bond acceptors (Lipinski definition) is 6. The number of pyridine rings is 1. The van der Waals surface area contributed by atoms with Gasteiger partial charge in [0.15, 0.2) is 0 Å². The number of amides is 3. The quantitative estimate of drug-likeness (QED) is 0.106. The van der Waals surface area contributed by atoms with Crippen molar-refractivity contribution in [2.24, 2.45) is 0 Å². The number of rotatable bonds is 11. The summed E-state index contributed by atoms with van der Waals surface area (Å²) >= 11 is 1.36. The summed E-state index contributed by atoms with van der Waals surface area (Å²) in [5.74, 6) is 0.310. The normalized spacial score (nSPS) is 11.6. The van der Waals surface area contributed by atoms with Crippen molar-refractivity contribution in [2.45, 2.75) is 17.1 Å². The SMILES string of the molecule is CC(Sc1cccc(NC(=O)/C(=C/c2cccnc2)NC(=O)c2ccccc2)c1)C(=O)Nc1ccc(Oc2ccccc2)cc1. The van der Waals surface area contributed by atoms with Crippen LogP contribution in [0.25, 0.3) is 6.08 Å². The van der Waals surface area contributed by atoms with Gasteiger partial charge in [0.1, 0.15) is 17.2 Å². The van der Waals surface area contributed by atoms with E-state index >= 15 is 0 Å². The summed E-state index contributed by atoms with van der Waals surface area (Å²) in [4.78, 5) is 44.1. The van der Waals surface area contributed by atoms with Gasteiger partial charge in [0.05, 0.1) is 5.25 Å². The minimum Gasteiger partial charge on any atom is -0.457 e. The lowest BCUT2D eigenvalue weighted by Gasteiger charge is -2.14. The maximum absolute atomic E-state index is 13.4. The van der Waals surface area contributed by atoms with E-state index in [4.69, 9.17) is 4.74 Å². The van der Waals surface area contributed by atoms with Gasteiger partial charge < -0.3 is 20.7 Å². The van der Waals surface area contributed by atoms with Gasteiger partial charge in [-0.05, 0) is 91.4 Å². The fraction of sp³-hybridized carbons (Fsp3) is 0.0556. The fourth-order valence-electron chi connectivity index (χ4n) is 4.15. The first kappa shape index (κ1) is 30.8. The monoisotopic (exact) mass is 614 g/mol. The third-order valence-electron chi connectivity index (χ3n) is 6.40. The third kappa shape index (κ3) is 9.16. The van der Waals surface area contributed by atoms with Crippen molar-refractivity contribution in [1.82, 2.24) is 10.3 Å². The Bertz CT molecular complexity index is 1780. The van der Waals surface area contributed by atoms with Crippen molar-refractivity contribution in [1.29, 1.82) is 0 Å². The zero-order chi connectivity index (χ0) is 31.4. The van der Waals surface area contributed by atoms with Gasteiger partial charge in [-0.15, -0.1) is 11.8 Å². The van der Waals surface area contributed by atoms with Crippen LogP contribution >= 0.6 is 11.8 Å². The van der Waals surface area contributed by atoms with E-state index in [-0.39, 0.29) is 11.6 Å². The molecule has 4 aromatic carbocycles. The average Bonchev–Trinajstić information content (AvgIpc) is 3.07. The Balaban J connectivity index is 1.21. The summed E-state index contributed by atoms with van der Waals surface area (Å²) < 4.78 is 5.81. The second-order valence-corrected chi connectivity index (χ2v) is 11.2. The molecule has 9 heteroatoms. The van der Waals surface area contributed by atoms with Crippen LogP contribution in [0.4, 0.5) is 11.4 Å². The standard InChI is InChI=1S/C36H30N4O4S/c1-25(34(41)38-28-17-19-31(20-18-28)44-30-14-6-3-7-15-30)45-32-16-8-13-29(23-32)39-36(43)33(22-26-10-9-21-37-24-26)40-35(42)27-11-4-2-5-12-27/h2-25H,1H3,(H,38,41)(H,39,43)(H,40,42)/b33-22-. The number of anilines is 2. The molecule has 224 valence electrons. The molecule has 0 spiro atoms. The molecule has 1 heterocycles. The summed E-state index contributed by atoms with van der Waals surface area (Å²) in [5, 5.41) is 8.08. The third-order valence-corrected chi connectivity index (χ3v) is 7.49. The molecule has 1 atom stereocenters. The minimum absolute atomic E-state index is 0.0582. The first-order valence-corrected chi connectivity index (χ1v) is 15.0. The Kier molecular flexibility index (Phi) is 10.4. The van der Waals surface area contributed by atoms with Crippen LogP contribution in [0.3, 0.4) is 0 Å². The van der Waals surface area contributed by atoms with E-state index in [1.165, 1.54) is 11.8 Å². The second kappa shape index (κ2) is 15.2. The van der Waals surface area contributed by atoms with Crippen molar-refractivity contribution in [3.8, 4) is 11.5 Å². The molecule has 0 saturated heterocycles. The Morgan fingerprint density at radius 2 is 1.47 bits per heavy atom. The first-order chi connectivity index (χ1) is 21.9. The van der Waals surface area contributed by atoms with E-state index in [1.807, 2.05) is 49.4 Å². The molecular weight excluding hydrogens is 584 g/mol. The van der Waals surface area contributed by atoms with Gasteiger partial charge in [0, 0.05) is 34.2 Å². The van der Waals surface area contributed by atoms with Crippen LogP contribution in [-0.2, 0) is 9.59 Å². The topological polar surface area (TPSA) is 109 Å². The second-order valence-electron chi connectivity index (χ2n) is 9.84. The van der Waals surface area contributed by atoms with Crippen LogP contribution in [-0.4, -0.2) is 28.0 Å². The van der Waals surface area contributed by atoms with Crippen LogP contribution in [0.15, 0.2) is 144 Å². The molecule has 5 aromatic rings. The van der Waals surface area contributed by atoms with Crippen LogP contribution in [0.2, 0.25) is 0 Å². The molecule has 0 aliphatic rings. The van der Waals surface area contributed by atoms with Crippen LogP contribution < -0.4 is 20.7 Å². The molecular formula is C36H30N4O4S. The largest absolute Gasteiger partial charge is 0.457 e. The molecule has 1 aromatic heterocycles. The molecule has 0 saturated carbocycles. The van der Waals surface area contributed by atoms with Crippen molar-refractivity contribution in [3.05, 3.63) is 151 Å². The Hall–Kier alpha value is -5.67. The van der Waals surface area contributed by atoms with Crippen LogP contribution in [0.5, 0.6) is 11.5 Å². The lowest BCUT2D eigenvalue weighted by atomic mass is 10.2. The highest BCUT2D eigenvalue weighted by atomic mass is 32.2. The van der Waals surface area contributed by atoms with Gasteiger partial charge in [0.25, 0.3) is 11.8 Å². The van der Waals surface area contributed by atoms with E-state index in [0.29, 0.717) is 28.3 Å². The Morgan fingerprint density at radius 3 is 2.18 bits per heavy atom. The molecule has 1 unspecified atom stereocenters. The smallest absolute Gasteiger partial charge is 0.272 e. The molecule has 0 fully saturated rings. The predicted molar refractivity (Wildman–Crippen MR) is 178 cm³/mol. The number of para-hydroxylation sites is 1. The molecule has 0 bridgehead atoms. The van der Waals surface area contributed by atoms with Gasteiger partial charge in [-0.1, -0.05) is 48.5 Å². The number of benzene rings is 4. The molecule has 3 amide bonds. The van der Waals surface area contributed by atoms with Gasteiger partial charge >= 0.3 is 0 Å². The summed E-state index contributed by atoms with van der Waals surface area (Å²) in [5.41, 5.74) is 2.29. The first-order valence-electron chi connectivity index (χ1n) is 14.1. The van der Waals surface area contributed by atoms with E-state index in [0.717, 1.165) is 10.6 Å². The number of carbonyl (C=O) groups is 3. The highest BCUT2D eigenvalue weighted by molar-refractivity contribution is 8.00. The van der Waals surface area contributed by atoms with Gasteiger partial charge in [-0.3, -0.25) is 19.4 Å². The number of aromatic nitrogens is 1. The molecule has 3 N–H and O–H groups in total. The molecule has 0 radical (unpaired) electrons. The van der Waals surface area contributed by atoms with Crippen molar-refractivity contribution in [3.63, 3.8) is 0 Å². The molecule has 45 heavy (non-hydrogen) atoms. The Morgan fingerprint density at radius 1 is 0.756 bits per heavy atom. The average molecular weight is 615 g/mol. The number of ether oxygens (including phenoxy) is 1. The lowest BCUT2D eigenvalue weighted by molar-refractivity contribution is -0.115. The number of nitrogens with one attached hydrogen (secondary N) is 3. The zero-order valence-electron chi connectivity index (χ0n) is 24.3. The molecule has 0 aliphatic heterocycles. The van der Waals surface area contributed by atoms with Gasteiger partial charge in [-0.25, -0.2) is 0 Å². The van der Waals surface area contributed by atoms with Crippen LogP contribution in [0, 0.1) is 0 Å². The Labute approximate surface area is 265 Å². The van der Waals surface area contributed by atoms with Crippen molar-refractivity contribution < 1.29 is 19.1 Å². The van der Waals surface area contributed by atoms with Crippen LogP contribution in [0.1, 0.15) is 22.8 Å². The maximum atomic E-state index is 13.4. The summed E-state index contributed by atoms with van der Waals surface area (Å²) in [6.07, 6.45) is 4.79. The minimum atomic E-state index is -0.504. The summed E-state index contributed by atoms with van der Waals surface area (Å²) in [6.45, 7) is 1.81. The van der Waals surface area contributed by atoms with E-state index in [1.54, 1.807) is 97.3 Å². The zero-order valence-corrected chi connectivity index (χ0v) is 25.2. The van der Waals surface area contributed by atoms with E-state index in [9.17, 15) is 14.4 Å². The summed E-state index contributed by atoms with van der Waals surface area (Å²) in [7, 11) is 0. The fourth-order valence-corrected chi connectivity index (χ4v) is 5.07. The summed E-state index contributed by atoms with van der Waals surface area (Å²) in [6, 6.07) is 36.0. The van der Waals surface area contributed by atoms with E-state index in [2.05, 4.69) is 20.9 Å². The predicted octanol–water partition coefficient (Wildman–Crippen LogP) is 7.40. The highest BCUT2D eigenvalue weighted by Gasteiger charge is 2.17. The molecule has 0 aliphatic carbocycles. The molecule has 8 nitrogen and oxygen atoms in total. The van der Waals surface area contributed by atoms with Crippen molar-refractivity contribution in [2.75, 3.05) is 10.6 Å². The number of thioether (sulfide) groups is 1. The van der Waals surface area contributed by atoms with E-state index < -0.39 is 17.1 Å². The number of carbonyl (C=O) groups excluding carboxylic acids is 3. The lowest BCUT2D eigenvalue weighted by Crippen LogP contribution is -2.30.